The number of phenolic OH excluding ortho intramolecular Hbond substituents is 1. The number of benzene rings is 2. The zero-order valence-electron chi connectivity index (χ0n) is 16.0. The minimum Gasteiger partial charge on any atom is -0.504 e. The van der Waals surface area contributed by atoms with Crippen LogP contribution < -0.4 is 21.3 Å². The molecule has 1 aromatic heterocycles. The van der Waals surface area contributed by atoms with Crippen LogP contribution in [0, 0.1) is 11.6 Å². The summed E-state index contributed by atoms with van der Waals surface area (Å²) in [5.74, 6) is 3.97. The molecule has 3 aromatic rings. The van der Waals surface area contributed by atoms with Crippen LogP contribution in [0.4, 0.5) is 20.4 Å². The van der Waals surface area contributed by atoms with E-state index in [1.165, 1.54) is 19.4 Å². The van der Waals surface area contributed by atoms with E-state index in [0.717, 1.165) is 28.6 Å². The van der Waals surface area contributed by atoms with E-state index >= 15 is 0 Å². The van der Waals surface area contributed by atoms with Crippen molar-refractivity contribution in [2.24, 2.45) is 5.10 Å². The number of ether oxygens (including phenoxy) is 1. The van der Waals surface area contributed by atoms with Gasteiger partial charge in [-0.15, -0.1) is 10.2 Å². The topological polar surface area (TPSA) is 140 Å². The largest absolute Gasteiger partial charge is 0.504 e. The van der Waals surface area contributed by atoms with Gasteiger partial charge < -0.3 is 21.0 Å². The van der Waals surface area contributed by atoms with Crippen molar-refractivity contribution in [1.82, 2.24) is 14.9 Å². The van der Waals surface area contributed by atoms with Crippen LogP contribution in [0.3, 0.4) is 0 Å². The molecule has 0 saturated carbocycles. The lowest BCUT2D eigenvalue weighted by atomic mass is 10.2. The number of anilines is 2. The normalized spacial score (nSPS) is 10.9. The number of aromatic hydroxyl groups is 1. The summed E-state index contributed by atoms with van der Waals surface area (Å²) >= 11 is 0.957. The van der Waals surface area contributed by atoms with E-state index in [4.69, 9.17) is 10.6 Å². The second-order valence-corrected chi connectivity index (χ2v) is 6.88. The highest BCUT2D eigenvalue weighted by atomic mass is 32.2. The van der Waals surface area contributed by atoms with Gasteiger partial charge in [-0.1, -0.05) is 11.8 Å². The van der Waals surface area contributed by atoms with Crippen molar-refractivity contribution in [2.45, 2.75) is 5.16 Å². The zero-order chi connectivity index (χ0) is 22.4. The zero-order valence-corrected chi connectivity index (χ0v) is 16.9. The first-order valence-electron chi connectivity index (χ1n) is 8.61. The summed E-state index contributed by atoms with van der Waals surface area (Å²) in [4.78, 5) is 12.0. The molecule has 31 heavy (non-hydrogen) atoms. The number of phenols is 1. The molecule has 10 nitrogen and oxygen atoms in total. The average molecular weight is 449 g/mol. The molecule has 0 spiro atoms. The molecule has 5 N–H and O–H groups in total. The molecule has 13 heteroatoms. The quantitative estimate of drug-likeness (QED) is 0.178. The highest BCUT2D eigenvalue weighted by molar-refractivity contribution is 7.99. The third-order valence-electron chi connectivity index (χ3n) is 3.78. The Morgan fingerprint density at radius 2 is 2.13 bits per heavy atom. The van der Waals surface area contributed by atoms with Gasteiger partial charge in [0.25, 0.3) is 5.95 Å². The molecule has 0 bridgehead atoms. The number of thioether (sulfide) groups is 1. The number of nitrogen functional groups attached to an aromatic ring is 1. The molecule has 0 atom stereocenters. The van der Waals surface area contributed by atoms with Gasteiger partial charge in [0.15, 0.2) is 11.5 Å². The van der Waals surface area contributed by atoms with Gasteiger partial charge in [0.05, 0.1) is 24.8 Å². The van der Waals surface area contributed by atoms with Crippen LogP contribution in [0.15, 0.2) is 46.7 Å². The Morgan fingerprint density at radius 1 is 1.32 bits per heavy atom. The Morgan fingerprint density at radius 3 is 2.84 bits per heavy atom. The Balaban J connectivity index is 1.55. The number of nitrogens with one attached hydrogen (secondary N) is 2. The Labute approximate surface area is 179 Å². The van der Waals surface area contributed by atoms with Gasteiger partial charge in [-0.2, -0.15) is 5.10 Å². The predicted molar refractivity (Wildman–Crippen MR) is 112 cm³/mol. The molecule has 0 aliphatic carbocycles. The molecule has 0 unspecified atom stereocenters. The van der Waals surface area contributed by atoms with E-state index in [1.54, 1.807) is 12.1 Å². The number of hydrogen-bond donors (Lipinski definition) is 4. The summed E-state index contributed by atoms with van der Waals surface area (Å²) in [6.45, 7) is 0. The van der Waals surface area contributed by atoms with Crippen molar-refractivity contribution < 1.29 is 23.4 Å². The number of carbonyl (C=O) groups is 1. The van der Waals surface area contributed by atoms with Gasteiger partial charge in [-0.25, -0.2) is 18.9 Å². The number of hydrazone groups is 1. The van der Waals surface area contributed by atoms with E-state index in [9.17, 15) is 18.7 Å². The first-order valence-corrected chi connectivity index (χ1v) is 9.60. The van der Waals surface area contributed by atoms with Crippen molar-refractivity contribution in [3.8, 4) is 11.5 Å². The number of methoxy groups -OCH3 is 1. The van der Waals surface area contributed by atoms with Crippen LogP contribution in [-0.2, 0) is 4.79 Å². The maximum atomic E-state index is 13.6. The van der Waals surface area contributed by atoms with Crippen LogP contribution in [0.25, 0.3) is 0 Å². The third-order valence-corrected chi connectivity index (χ3v) is 4.73. The molecule has 162 valence electrons. The van der Waals surface area contributed by atoms with Crippen molar-refractivity contribution in [3.05, 3.63) is 53.6 Å². The summed E-state index contributed by atoms with van der Waals surface area (Å²) in [5.41, 5.74) is 3.05. The van der Waals surface area contributed by atoms with Crippen molar-refractivity contribution in [1.29, 1.82) is 0 Å². The first kappa shape index (κ1) is 21.8. The number of nitrogens with two attached hydrogens (primary N) is 1. The maximum Gasteiger partial charge on any atom is 0.264 e. The number of hydrogen-bond acceptors (Lipinski definition) is 9. The number of halogens is 2. The summed E-state index contributed by atoms with van der Waals surface area (Å²) < 4.78 is 32.6. The van der Waals surface area contributed by atoms with Crippen molar-refractivity contribution in [3.63, 3.8) is 0 Å². The third kappa shape index (κ3) is 5.60. The minimum absolute atomic E-state index is 0.0362. The molecule has 0 saturated heterocycles. The first-order chi connectivity index (χ1) is 14.9. The van der Waals surface area contributed by atoms with Gasteiger partial charge in [-0.05, 0) is 35.9 Å². The molecular weight excluding hydrogens is 432 g/mol. The monoisotopic (exact) mass is 449 g/mol. The highest BCUT2D eigenvalue weighted by Crippen LogP contribution is 2.25. The lowest BCUT2D eigenvalue weighted by Crippen LogP contribution is -2.17. The van der Waals surface area contributed by atoms with Crippen LogP contribution in [0.2, 0.25) is 0 Å². The predicted octanol–water partition coefficient (Wildman–Crippen LogP) is 2.16. The van der Waals surface area contributed by atoms with E-state index in [0.29, 0.717) is 17.4 Å². The molecular formula is C18H17F2N7O3S. The molecule has 0 aliphatic rings. The molecule has 0 radical (unpaired) electrons. The maximum absolute atomic E-state index is 13.6. The fourth-order valence-electron chi connectivity index (χ4n) is 2.31. The molecule has 0 fully saturated rings. The number of rotatable bonds is 8. The molecule has 1 heterocycles. The molecule has 3 rings (SSSR count). The summed E-state index contributed by atoms with van der Waals surface area (Å²) in [7, 11) is 1.44. The SMILES string of the molecule is COc1ccc(/C=N/Nc2nnc(SCC(=O)Nc3ccc(F)cc3F)n2N)cc1O. The summed E-state index contributed by atoms with van der Waals surface area (Å²) in [6.07, 6.45) is 1.42. The van der Waals surface area contributed by atoms with Crippen molar-refractivity contribution >= 4 is 35.5 Å². The van der Waals surface area contributed by atoms with Gasteiger partial charge in [0, 0.05) is 6.07 Å². The Bertz CT molecular complexity index is 1120. The number of aromatic nitrogens is 3. The smallest absolute Gasteiger partial charge is 0.264 e. The van der Waals surface area contributed by atoms with Crippen molar-refractivity contribution in [2.75, 3.05) is 29.4 Å². The van der Waals surface area contributed by atoms with E-state index in [2.05, 4.69) is 26.0 Å². The summed E-state index contributed by atoms with van der Waals surface area (Å²) in [6, 6.07) is 7.56. The Kier molecular flexibility index (Phi) is 6.87. The van der Waals surface area contributed by atoms with Gasteiger partial charge in [0.2, 0.25) is 11.1 Å². The number of nitrogens with zero attached hydrogens (tertiary/aromatic N) is 4. The summed E-state index contributed by atoms with van der Waals surface area (Å²) in [5, 5.41) is 23.9. The average Bonchev–Trinajstić information content (AvgIpc) is 3.08. The van der Waals surface area contributed by atoms with E-state index in [-0.39, 0.29) is 28.3 Å². The van der Waals surface area contributed by atoms with Crippen LogP contribution in [0.1, 0.15) is 5.56 Å². The van der Waals surface area contributed by atoms with Gasteiger partial charge in [-0.3, -0.25) is 4.79 Å². The van der Waals surface area contributed by atoms with Gasteiger partial charge >= 0.3 is 0 Å². The standard InChI is InChI=1S/C18H17F2N7O3S/c1-30-15-5-2-10(6-14(15)28)8-22-24-17-25-26-18(27(17)21)31-9-16(29)23-13-4-3-11(19)7-12(13)20/h2-8,28H,9,21H2,1H3,(H,23,29)(H,24,25)/b22-8+. The fraction of sp³-hybridized carbons (Fsp3) is 0.111. The minimum atomic E-state index is -0.880. The lowest BCUT2D eigenvalue weighted by Gasteiger charge is -2.06. The van der Waals surface area contributed by atoms with Crippen LogP contribution in [-0.4, -0.2) is 45.0 Å². The molecule has 1 amide bonds. The van der Waals surface area contributed by atoms with E-state index < -0.39 is 17.5 Å². The number of carbonyl (C=O) groups excluding carboxylic acids is 1. The van der Waals surface area contributed by atoms with Gasteiger partial charge in [0.1, 0.15) is 11.6 Å². The fourth-order valence-corrected chi connectivity index (χ4v) is 2.97. The molecule has 0 aliphatic heterocycles. The van der Waals surface area contributed by atoms with E-state index in [1.807, 2.05) is 0 Å². The molecule has 2 aromatic carbocycles. The second kappa shape index (κ2) is 9.75. The Hall–Kier alpha value is -3.87. The second-order valence-electron chi connectivity index (χ2n) is 5.94. The van der Waals surface area contributed by atoms with Crippen LogP contribution in [0.5, 0.6) is 11.5 Å². The number of amides is 1. The van der Waals surface area contributed by atoms with Crippen LogP contribution >= 0.6 is 11.8 Å². The lowest BCUT2D eigenvalue weighted by molar-refractivity contribution is -0.113. The highest BCUT2D eigenvalue weighted by Gasteiger charge is 2.13.